The summed E-state index contributed by atoms with van der Waals surface area (Å²) >= 11 is 6.55. The first-order valence-corrected chi connectivity index (χ1v) is 9.95. The maximum atomic E-state index is 12.9. The summed E-state index contributed by atoms with van der Waals surface area (Å²) in [5.74, 6) is 0.142. The van der Waals surface area contributed by atoms with Gasteiger partial charge in [-0.1, -0.05) is 72.5 Å². The molecule has 3 rings (SSSR count). The average Bonchev–Trinajstić information content (AvgIpc) is 2.99. The van der Waals surface area contributed by atoms with Crippen LogP contribution in [0.3, 0.4) is 0 Å². The molecule has 1 aliphatic rings. The fourth-order valence-corrected chi connectivity index (χ4v) is 4.20. The SMILES string of the molecule is COc1ccccc1/C=C1\SC(=S)N(C(C)C(=O)NCc2ccccc2)C1=O. The van der Waals surface area contributed by atoms with Crippen LogP contribution in [0.4, 0.5) is 0 Å². The quantitative estimate of drug-likeness (QED) is 0.580. The molecule has 1 heterocycles. The van der Waals surface area contributed by atoms with Gasteiger partial charge in [0.15, 0.2) is 0 Å². The van der Waals surface area contributed by atoms with Gasteiger partial charge in [-0.3, -0.25) is 14.5 Å². The topological polar surface area (TPSA) is 58.6 Å². The van der Waals surface area contributed by atoms with E-state index in [2.05, 4.69) is 5.32 Å². The number of thioether (sulfide) groups is 1. The van der Waals surface area contributed by atoms with Crippen LogP contribution in [0.15, 0.2) is 59.5 Å². The van der Waals surface area contributed by atoms with E-state index in [-0.39, 0.29) is 11.8 Å². The number of benzene rings is 2. The maximum absolute atomic E-state index is 12.9. The number of rotatable bonds is 6. The Labute approximate surface area is 173 Å². The lowest BCUT2D eigenvalue weighted by Gasteiger charge is -2.22. The molecule has 0 aromatic heterocycles. The Kier molecular flexibility index (Phi) is 6.49. The number of nitrogens with one attached hydrogen (secondary N) is 1. The Bertz CT molecular complexity index is 928. The van der Waals surface area contributed by atoms with Gasteiger partial charge in [0, 0.05) is 12.1 Å². The Morgan fingerprint density at radius 1 is 1.21 bits per heavy atom. The zero-order valence-electron chi connectivity index (χ0n) is 15.5. The van der Waals surface area contributed by atoms with Gasteiger partial charge in [0.1, 0.15) is 16.1 Å². The lowest BCUT2D eigenvalue weighted by Crippen LogP contribution is -2.46. The van der Waals surface area contributed by atoms with Gasteiger partial charge in [-0.2, -0.15) is 0 Å². The van der Waals surface area contributed by atoms with Crippen LogP contribution in [0.2, 0.25) is 0 Å². The number of ether oxygens (including phenoxy) is 1. The van der Waals surface area contributed by atoms with E-state index in [4.69, 9.17) is 17.0 Å². The van der Waals surface area contributed by atoms with Crippen LogP contribution >= 0.6 is 24.0 Å². The third-order valence-electron chi connectivity index (χ3n) is 4.33. The fraction of sp³-hybridized carbons (Fsp3) is 0.190. The van der Waals surface area contributed by atoms with Crippen molar-refractivity contribution >= 4 is 46.2 Å². The van der Waals surface area contributed by atoms with Crippen molar-refractivity contribution in [3.63, 3.8) is 0 Å². The van der Waals surface area contributed by atoms with E-state index in [9.17, 15) is 9.59 Å². The van der Waals surface area contributed by atoms with Crippen molar-refractivity contribution < 1.29 is 14.3 Å². The normalized spacial score (nSPS) is 16.4. The van der Waals surface area contributed by atoms with Crippen LogP contribution in [0, 0.1) is 0 Å². The van der Waals surface area contributed by atoms with E-state index in [0.29, 0.717) is 21.5 Å². The van der Waals surface area contributed by atoms with Crippen LogP contribution in [-0.4, -0.2) is 34.2 Å². The third kappa shape index (κ3) is 4.43. The first-order chi connectivity index (χ1) is 13.5. The van der Waals surface area contributed by atoms with E-state index in [1.165, 1.54) is 16.7 Å². The molecule has 1 saturated heterocycles. The summed E-state index contributed by atoms with van der Waals surface area (Å²) < 4.78 is 5.70. The molecule has 1 aliphatic heterocycles. The van der Waals surface area contributed by atoms with Gasteiger partial charge in [0.25, 0.3) is 5.91 Å². The van der Waals surface area contributed by atoms with Crippen LogP contribution < -0.4 is 10.1 Å². The molecule has 28 heavy (non-hydrogen) atoms. The highest BCUT2D eigenvalue weighted by Crippen LogP contribution is 2.35. The number of carbonyl (C=O) groups is 2. The molecule has 1 N–H and O–H groups in total. The zero-order chi connectivity index (χ0) is 20.1. The Morgan fingerprint density at radius 3 is 2.61 bits per heavy atom. The predicted octanol–water partition coefficient (Wildman–Crippen LogP) is 3.60. The van der Waals surface area contributed by atoms with Gasteiger partial charge in [0.2, 0.25) is 5.91 Å². The summed E-state index contributed by atoms with van der Waals surface area (Å²) in [6, 6.07) is 16.3. The molecular weight excluding hydrogens is 392 g/mol. The fourth-order valence-electron chi connectivity index (χ4n) is 2.79. The predicted molar refractivity (Wildman–Crippen MR) is 116 cm³/mol. The molecule has 2 amide bonds. The molecule has 7 heteroatoms. The summed E-state index contributed by atoms with van der Waals surface area (Å²) in [6.45, 7) is 2.08. The lowest BCUT2D eigenvalue weighted by molar-refractivity contribution is -0.132. The molecule has 5 nitrogen and oxygen atoms in total. The Hall–Kier alpha value is -2.64. The minimum Gasteiger partial charge on any atom is -0.496 e. The van der Waals surface area contributed by atoms with Crippen molar-refractivity contribution in [1.29, 1.82) is 0 Å². The number of carbonyl (C=O) groups excluding carboxylic acids is 2. The van der Waals surface area contributed by atoms with E-state index in [1.54, 1.807) is 20.1 Å². The summed E-state index contributed by atoms with van der Waals surface area (Å²) in [7, 11) is 1.58. The molecule has 0 spiro atoms. The van der Waals surface area contributed by atoms with Crippen molar-refractivity contribution in [3.05, 3.63) is 70.6 Å². The van der Waals surface area contributed by atoms with Crippen molar-refractivity contribution in [2.75, 3.05) is 7.11 Å². The second kappa shape index (κ2) is 9.03. The van der Waals surface area contributed by atoms with Gasteiger partial charge in [-0.25, -0.2) is 0 Å². The molecule has 0 bridgehead atoms. The molecule has 2 aromatic carbocycles. The number of thiocarbonyl (C=S) groups is 1. The molecule has 1 fully saturated rings. The second-order valence-corrected chi connectivity index (χ2v) is 7.85. The Balaban J connectivity index is 1.72. The monoisotopic (exact) mass is 412 g/mol. The second-order valence-electron chi connectivity index (χ2n) is 6.17. The van der Waals surface area contributed by atoms with E-state index < -0.39 is 6.04 Å². The smallest absolute Gasteiger partial charge is 0.266 e. The molecule has 0 saturated carbocycles. The molecule has 144 valence electrons. The van der Waals surface area contributed by atoms with Crippen molar-refractivity contribution in [1.82, 2.24) is 10.2 Å². The maximum Gasteiger partial charge on any atom is 0.266 e. The van der Waals surface area contributed by atoms with E-state index in [0.717, 1.165) is 11.1 Å². The van der Waals surface area contributed by atoms with Crippen molar-refractivity contribution in [3.8, 4) is 5.75 Å². The molecule has 2 aromatic rings. The van der Waals surface area contributed by atoms with Crippen LogP contribution in [-0.2, 0) is 16.1 Å². The molecule has 1 unspecified atom stereocenters. The molecule has 1 atom stereocenters. The minimum absolute atomic E-state index is 0.251. The van der Waals surface area contributed by atoms with Gasteiger partial charge in [-0.15, -0.1) is 0 Å². The molecule has 0 radical (unpaired) electrons. The van der Waals surface area contributed by atoms with Gasteiger partial charge < -0.3 is 10.1 Å². The van der Waals surface area contributed by atoms with Crippen molar-refractivity contribution in [2.45, 2.75) is 19.5 Å². The largest absolute Gasteiger partial charge is 0.496 e. The zero-order valence-corrected chi connectivity index (χ0v) is 17.2. The van der Waals surface area contributed by atoms with Crippen LogP contribution in [0.5, 0.6) is 5.75 Å². The number of nitrogens with zero attached hydrogens (tertiary/aromatic N) is 1. The van der Waals surface area contributed by atoms with Crippen LogP contribution in [0.25, 0.3) is 6.08 Å². The number of amides is 2. The first-order valence-electron chi connectivity index (χ1n) is 8.73. The first kappa shape index (κ1) is 20.1. The number of para-hydroxylation sites is 1. The molecular formula is C21H20N2O3S2. The standard InChI is InChI=1S/C21H20N2O3S2/c1-14(19(24)22-13-15-8-4-3-5-9-15)23-20(25)18(28-21(23)27)12-16-10-6-7-11-17(16)26-2/h3-12,14H,13H2,1-2H3,(H,22,24)/b18-12-. The number of hydrogen-bond donors (Lipinski definition) is 1. The number of methoxy groups -OCH3 is 1. The summed E-state index contributed by atoms with van der Waals surface area (Å²) in [6.07, 6.45) is 1.74. The average molecular weight is 413 g/mol. The highest BCUT2D eigenvalue weighted by Gasteiger charge is 2.38. The van der Waals surface area contributed by atoms with Gasteiger partial charge >= 0.3 is 0 Å². The minimum atomic E-state index is -0.695. The summed E-state index contributed by atoms with van der Waals surface area (Å²) in [5, 5.41) is 2.86. The highest BCUT2D eigenvalue weighted by atomic mass is 32.2. The van der Waals surface area contributed by atoms with Crippen molar-refractivity contribution in [2.24, 2.45) is 0 Å². The molecule has 0 aliphatic carbocycles. The summed E-state index contributed by atoms with van der Waals surface area (Å²) in [4.78, 5) is 27.2. The van der Waals surface area contributed by atoms with Gasteiger partial charge in [-0.05, 0) is 24.6 Å². The Morgan fingerprint density at radius 2 is 1.89 bits per heavy atom. The summed E-state index contributed by atoms with van der Waals surface area (Å²) in [5.41, 5.74) is 1.77. The van der Waals surface area contributed by atoms with Crippen LogP contribution in [0.1, 0.15) is 18.1 Å². The number of hydrogen-bond acceptors (Lipinski definition) is 5. The third-order valence-corrected chi connectivity index (χ3v) is 5.66. The highest BCUT2D eigenvalue weighted by molar-refractivity contribution is 8.26. The van der Waals surface area contributed by atoms with E-state index >= 15 is 0 Å². The van der Waals surface area contributed by atoms with E-state index in [1.807, 2.05) is 54.6 Å². The lowest BCUT2D eigenvalue weighted by atomic mass is 10.1. The van der Waals surface area contributed by atoms with Gasteiger partial charge in [0.05, 0.1) is 12.0 Å².